The maximum Gasteiger partial charge on any atom is 0.193 e. The van der Waals surface area contributed by atoms with Gasteiger partial charge in [0.1, 0.15) is 24.5 Å². The van der Waals surface area contributed by atoms with Crippen LogP contribution < -0.4 is 16.0 Å². The summed E-state index contributed by atoms with van der Waals surface area (Å²) in [6.07, 6.45) is 8.54. The zero-order valence-electron chi connectivity index (χ0n) is 15.9. The standard InChI is InChI=1S/C21H25FN5O/c1-26-8-6-14-7-9-27(20(14)13-26)12-16-3-2-15(10-19(16)22)21(24)25-28-18-5-4-17(23)11-18/h2-3,6-10,13,17-18H,4-5,11-12,23H2,1H3,(H2,24,25)/q+1. The number of rotatable bonds is 5. The Bertz CT molecular complexity index is 1030. The highest BCUT2D eigenvalue weighted by Crippen LogP contribution is 2.21. The summed E-state index contributed by atoms with van der Waals surface area (Å²) >= 11 is 0. The average Bonchev–Trinajstić information content (AvgIpc) is 3.27. The number of pyridine rings is 1. The summed E-state index contributed by atoms with van der Waals surface area (Å²) < 4.78 is 18.7. The molecule has 1 saturated carbocycles. The van der Waals surface area contributed by atoms with Gasteiger partial charge in [-0.2, -0.15) is 0 Å². The fourth-order valence-electron chi connectivity index (χ4n) is 3.63. The highest BCUT2D eigenvalue weighted by atomic mass is 19.1. The Morgan fingerprint density at radius 1 is 1.32 bits per heavy atom. The van der Waals surface area contributed by atoms with E-state index in [1.807, 2.05) is 46.9 Å². The molecule has 0 aliphatic heterocycles. The largest absolute Gasteiger partial charge is 0.391 e. The molecule has 3 aromatic rings. The lowest BCUT2D eigenvalue weighted by Gasteiger charge is -2.10. The van der Waals surface area contributed by atoms with E-state index in [-0.39, 0.29) is 23.8 Å². The highest BCUT2D eigenvalue weighted by molar-refractivity contribution is 5.97. The molecule has 0 bridgehead atoms. The van der Waals surface area contributed by atoms with E-state index >= 15 is 0 Å². The lowest BCUT2D eigenvalue weighted by Crippen LogP contribution is -2.26. The van der Waals surface area contributed by atoms with Gasteiger partial charge in [-0.05, 0) is 25.0 Å². The van der Waals surface area contributed by atoms with Gasteiger partial charge in [0.15, 0.2) is 18.2 Å². The van der Waals surface area contributed by atoms with Gasteiger partial charge in [0.25, 0.3) is 0 Å². The molecule has 6 nitrogen and oxygen atoms in total. The number of nitrogens with two attached hydrogens (primary N) is 2. The molecule has 28 heavy (non-hydrogen) atoms. The van der Waals surface area contributed by atoms with Gasteiger partial charge < -0.3 is 20.9 Å². The Balaban J connectivity index is 1.50. The first kappa shape index (κ1) is 18.4. The summed E-state index contributed by atoms with van der Waals surface area (Å²) in [5, 5.41) is 5.09. The second-order valence-electron chi connectivity index (χ2n) is 7.48. The predicted molar refractivity (Wildman–Crippen MR) is 106 cm³/mol. The first-order chi connectivity index (χ1) is 13.5. The van der Waals surface area contributed by atoms with Gasteiger partial charge in [-0.25, -0.2) is 8.96 Å². The van der Waals surface area contributed by atoms with Crippen molar-refractivity contribution in [1.82, 2.24) is 4.57 Å². The van der Waals surface area contributed by atoms with E-state index in [4.69, 9.17) is 16.3 Å². The molecule has 4 rings (SSSR count). The number of aromatic nitrogens is 2. The van der Waals surface area contributed by atoms with Gasteiger partial charge in [-0.3, -0.25) is 0 Å². The van der Waals surface area contributed by atoms with Crippen molar-refractivity contribution in [2.24, 2.45) is 23.7 Å². The van der Waals surface area contributed by atoms with Crippen molar-refractivity contribution in [2.45, 2.75) is 38.0 Å². The number of fused-ring (bicyclic) bond motifs is 1. The van der Waals surface area contributed by atoms with Crippen LogP contribution >= 0.6 is 0 Å². The fourth-order valence-corrected chi connectivity index (χ4v) is 3.63. The predicted octanol–water partition coefficient (Wildman–Crippen LogP) is 2.17. The molecule has 0 spiro atoms. The maximum absolute atomic E-state index is 14.7. The van der Waals surface area contributed by atoms with Crippen LogP contribution in [0.4, 0.5) is 4.39 Å². The third-order valence-electron chi connectivity index (χ3n) is 5.27. The zero-order chi connectivity index (χ0) is 19.7. The Kier molecular flexibility index (Phi) is 5.00. The normalized spacial score (nSPS) is 20.0. The third-order valence-corrected chi connectivity index (χ3v) is 5.27. The van der Waals surface area contributed by atoms with E-state index < -0.39 is 0 Å². The van der Waals surface area contributed by atoms with Gasteiger partial charge in [0.05, 0.1) is 6.54 Å². The zero-order valence-corrected chi connectivity index (χ0v) is 15.9. The second kappa shape index (κ2) is 7.59. The van der Waals surface area contributed by atoms with Crippen molar-refractivity contribution in [2.75, 3.05) is 0 Å². The van der Waals surface area contributed by atoms with Crippen LogP contribution in [0, 0.1) is 5.82 Å². The Morgan fingerprint density at radius 3 is 2.93 bits per heavy atom. The van der Waals surface area contributed by atoms with E-state index in [0.29, 0.717) is 17.7 Å². The molecule has 0 amide bonds. The van der Waals surface area contributed by atoms with Crippen molar-refractivity contribution < 1.29 is 13.8 Å². The van der Waals surface area contributed by atoms with Crippen LogP contribution in [0.2, 0.25) is 0 Å². The number of hydrogen-bond donors (Lipinski definition) is 2. The molecular formula is C21H25FN5O+. The van der Waals surface area contributed by atoms with E-state index in [2.05, 4.69) is 5.16 Å². The molecule has 2 unspecified atom stereocenters. The van der Waals surface area contributed by atoms with Gasteiger partial charge in [0.2, 0.25) is 0 Å². The van der Waals surface area contributed by atoms with Gasteiger partial charge in [-0.15, -0.1) is 0 Å². The minimum Gasteiger partial charge on any atom is -0.391 e. The molecular weight excluding hydrogens is 357 g/mol. The minimum atomic E-state index is -0.319. The lowest BCUT2D eigenvalue weighted by atomic mass is 10.1. The summed E-state index contributed by atoms with van der Waals surface area (Å²) in [5.41, 5.74) is 14.0. The van der Waals surface area contributed by atoms with E-state index in [0.717, 1.165) is 30.2 Å². The van der Waals surface area contributed by atoms with Crippen molar-refractivity contribution in [3.8, 4) is 0 Å². The Morgan fingerprint density at radius 2 is 2.18 bits per heavy atom. The molecule has 146 valence electrons. The lowest BCUT2D eigenvalue weighted by molar-refractivity contribution is -0.670. The third kappa shape index (κ3) is 3.84. The topological polar surface area (TPSA) is 82.4 Å². The van der Waals surface area contributed by atoms with Crippen LogP contribution in [0.3, 0.4) is 0 Å². The van der Waals surface area contributed by atoms with Gasteiger partial charge in [-0.1, -0.05) is 17.3 Å². The summed E-state index contributed by atoms with van der Waals surface area (Å²) in [6, 6.07) is 9.15. The van der Waals surface area contributed by atoms with Crippen molar-refractivity contribution >= 4 is 16.7 Å². The van der Waals surface area contributed by atoms with Gasteiger partial charge >= 0.3 is 0 Å². The number of nitrogens with zero attached hydrogens (tertiary/aromatic N) is 3. The number of benzene rings is 1. The Hall–Kier alpha value is -2.93. The second-order valence-corrected chi connectivity index (χ2v) is 7.48. The highest BCUT2D eigenvalue weighted by Gasteiger charge is 2.23. The molecule has 0 saturated heterocycles. The molecule has 7 heteroatoms. The number of aryl methyl sites for hydroxylation is 1. The van der Waals surface area contributed by atoms with Crippen LogP contribution in [0.5, 0.6) is 0 Å². The first-order valence-electron chi connectivity index (χ1n) is 9.47. The van der Waals surface area contributed by atoms with Crippen LogP contribution in [0.25, 0.3) is 10.9 Å². The molecule has 1 aliphatic rings. The van der Waals surface area contributed by atoms with Gasteiger partial charge in [0, 0.05) is 41.2 Å². The number of amidine groups is 1. The Labute approximate surface area is 163 Å². The molecule has 1 aliphatic carbocycles. The monoisotopic (exact) mass is 382 g/mol. The SMILES string of the molecule is C[n+]1ccc2ccn(Cc3ccc(C(N)=NOC4CCC(N)C4)cc3F)c2c1. The van der Waals surface area contributed by atoms with Crippen LogP contribution in [-0.4, -0.2) is 22.5 Å². The maximum atomic E-state index is 14.7. The van der Waals surface area contributed by atoms with Crippen LogP contribution in [0.1, 0.15) is 30.4 Å². The average molecular weight is 382 g/mol. The molecule has 1 fully saturated rings. The minimum absolute atomic E-state index is 0.0129. The van der Waals surface area contributed by atoms with Crippen LogP contribution in [-0.2, 0) is 18.4 Å². The molecule has 2 atom stereocenters. The van der Waals surface area contributed by atoms with Crippen molar-refractivity contribution in [1.29, 1.82) is 0 Å². The summed E-state index contributed by atoms with van der Waals surface area (Å²) in [5.74, 6) is -0.148. The van der Waals surface area contributed by atoms with E-state index in [1.54, 1.807) is 12.1 Å². The fraction of sp³-hybridized carbons (Fsp3) is 0.333. The molecule has 4 N–H and O–H groups in total. The quantitative estimate of drug-likeness (QED) is 0.307. The van der Waals surface area contributed by atoms with E-state index in [9.17, 15) is 4.39 Å². The molecule has 2 heterocycles. The van der Waals surface area contributed by atoms with Crippen LogP contribution in [0.15, 0.2) is 54.1 Å². The first-order valence-corrected chi connectivity index (χ1v) is 9.47. The number of oxime groups is 1. The number of hydrogen-bond acceptors (Lipinski definition) is 3. The molecule has 0 radical (unpaired) electrons. The van der Waals surface area contributed by atoms with Crippen molar-refractivity contribution in [3.63, 3.8) is 0 Å². The molecule has 2 aromatic heterocycles. The number of halogens is 1. The molecule has 1 aromatic carbocycles. The smallest absolute Gasteiger partial charge is 0.193 e. The van der Waals surface area contributed by atoms with Crippen molar-refractivity contribution in [3.05, 3.63) is 65.9 Å². The summed E-state index contributed by atoms with van der Waals surface area (Å²) in [6.45, 7) is 0.438. The van der Waals surface area contributed by atoms with E-state index in [1.165, 1.54) is 6.07 Å². The summed E-state index contributed by atoms with van der Waals surface area (Å²) in [4.78, 5) is 5.46. The summed E-state index contributed by atoms with van der Waals surface area (Å²) in [7, 11) is 1.97.